The lowest BCUT2D eigenvalue weighted by Gasteiger charge is -2.20. The van der Waals surface area contributed by atoms with E-state index in [1.54, 1.807) is 6.07 Å². The molecule has 0 radical (unpaired) electrons. The SMILES string of the molecule is CCNC(c1cc(Cl)ccc1Cl)c1cnn(C)c1C. The molecule has 0 amide bonds. The van der Waals surface area contributed by atoms with Crippen molar-refractivity contribution in [1.82, 2.24) is 15.1 Å². The number of benzene rings is 1. The summed E-state index contributed by atoms with van der Waals surface area (Å²) < 4.78 is 1.86. The van der Waals surface area contributed by atoms with E-state index in [-0.39, 0.29) is 6.04 Å². The molecule has 0 aliphatic rings. The fraction of sp³-hybridized carbons (Fsp3) is 0.357. The van der Waals surface area contributed by atoms with Crippen molar-refractivity contribution in [2.24, 2.45) is 7.05 Å². The molecule has 0 spiro atoms. The van der Waals surface area contributed by atoms with E-state index in [0.717, 1.165) is 23.4 Å². The second-order valence-electron chi connectivity index (χ2n) is 4.47. The van der Waals surface area contributed by atoms with Crippen LogP contribution in [0.4, 0.5) is 0 Å². The van der Waals surface area contributed by atoms with Crippen LogP contribution in [-0.2, 0) is 7.05 Å². The molecule has 1 aromatic carbocycles. The Balaban J connectivity index is 2.51. The van der Waals surface area contributed by atoms with Crippen LogP contribution in [0.25, 0.3) is 0 Å². The van der Waals surface area contributed by atoms with Gasteiger partial charge < -0.3 is 5.32 Å². The molecular weight excluding hydrogens is 281 g/mol. The summed E-state index contributed by atoms with van der Waals surface area (Å²) in [4.78, 5) is 0. The zero-order valence-corrected chi connectivity index (χ0v) is 12.8. The molecule has 1 atom stereocenters. The van der Waals surface area contributed by atoms with E-state index >= 15 is 0 Å². The third-order valence-electron chi connectivity index (χ3n) is 3.26. The van der Waals surface area contributed by atoms with Gasteiger partial charge in [0.05, 0.1) is 12.2 Å². The van der Waals surface area contributed by atoms with Crippen LogP contribution in [-0.4, -0.2) is 16.3 Å². The predicted molar refractivity (Wildman–Crippen MR) is 79.9 cm³/mol. The zero-order valence-electron chi connectivity index (χ0n) is 11.2. The van der Waals surface area contributed by atoms with Gasteiger partial charge in [0, 0.05) is 28.4 Å². The van der Waals surface area contributed by atoms with E-state index in [2.05, 4.69) is 17.3 Å². The predicted octanol–water partition coefficient (Wildman–Crippen LogP) is 3.73. The van der Waals surface area contributed by atoms with E-state index in [0.29, 0.717) is 10.0 Å². The van der Waals surface area contributed by atoms with Crippen molar-refractivity contribution in [3.8, 4) is 0 Å². The Bertz CT molecular complexity index is 578. The minimum atomic E-state index is 0.00454. The monoisotopic (exact) mass is 297 g/mol. The Morgan fingerprint density at radius 2 is 2.05 bits per heavy atom. The highest BCUT2D eigenvalue weighted by Gasteiger charge is 2.20. The summed E-state index contributed by atoms with van der Waals surface area (Å²) >= 11 is 12.4. The molecule has 102 valence electrons. The van der Waals surface area contributed by atoms with Gasteiger partial charge in [-0.15, -0.1) is 0 Å². The van der Waals surface area contributed by atoms with Gasteiger partial charge in [0.25, 0.3) is 0 Å². The molecular formula is C14H17Cl2N3. The third kappa shape index (κ3) is 2.94. The summed E-state index contributed by atoms with van der Waals surface area (Å²) in [7, 11) is 1.93. The second kappa shape index (κ2) is 5.95. The highest BCUT2D eigenvalue weighted by molar-refractivity contribution is 6.33. The standard InChI is InChI=1S/C14H17Cl2N3/c1-4-17-14(12-8-18-19(3)9(12)2)11-7-10(15)5-6-13(11)16/h5-8,14,17H,4H2,1-3H3. The number of hydrogen-bond acceptors (Lipinski definition) is 2. The zero-order chi connectivity index (χ0) is 14.0. The first kappa shape index (κ1) is 14.4. The number of hydrogen-bond donors (Lipinski definition) is 1. The maximum atomic E-state index is 6.31. The van der Waals surface area contributed by atoms with Gasteiger partial charge in [-0.05, 0) is 37.2 Å². The molecule has 1 unspecified atom stereocenters. The average molecular weight is 298 g/mol. The molecule has 0 aliphatic carbocycles. The van der Waals surface area contributed by atoms with Crippen LogP contribution < -0.4 is 5.32 Å². The lowest BCUT2D eigenvalue weighted by Crippen LogP contribution is -2.22. The number of aromatic nitrogens is 2. The topological polar surface area (TPSA) is 29.9 Å². The van der Waals surface area contributed by atoms with Gasteiger partial charge in [0.1, 0.15) is 0 Å². The molecule has 1 heterocycles. The second-order valence-corrected chi connectivity index (χ2v) is 5.31. The maximum absolute atomic E-state index is 6.31. The third-order valence-corrected chi connectivity index (χ3v) is 3.84. The summed E-state index contributed by atoms with van der Waals surface area (Å²) in [6.45, 7) is 4.95. The Morgan fingerprint density at radius 1 is 1.32 bits per heavy atom. The molecule has 0 aliphatic heterocycles. The molecule has 1 N–H and O–H groups in total. The summed E-state index contributed by atoms with van der Waals surface area (Å²) in [6, 6.07) is 5.54. The molecule has 0 saturated heterocycles. The first-order valence-corrected chi connectivity index (χ1v) is 6.97. The fourth-order valence-electron chi connectivity index (χ4n) is 2.13. The molecule has 3 nitrogen and oxygen atoms in total. The normalized spacial score (nSPS) is 12.7. The van der Waals surface area contributed by atoms with Crippen LogP contribution in [0.15, 0.2) is 24.4 Å². The van der Waals surface area contributed by atoms with E-state index < -0.39 is 0 Å². The van der Waals surface area contributed by atoms with Crippen LogP contribution in [0.5, 0.6) is 0 Å². The molecule has 2 aromatic rings. The molecule has 1 aromatic heterocycles. The van der Waals surface area contributed by atoms with Crippen molar-refractivity contribution in [1.29, 1.82) is 0 Å². The van der Waals surface area contributed by atoms with E-state index in [9.17, 15) is 0 Å². The number of nitrogens with one attached hydrogen (secondary N) is 1. The largest absolute Gasteiger partial charge is 0.306 e. The molecule has 19 heavy (non-hydrogen) atoms. The molecule has 0 fully saturated rings. The molecule has 2 rings (SSSR count). The number of halogens is 2. The summed E-state index contributed by atoms with van der Waals surface area (Å²) in [5.74, 6) is 0. The smallest absolute Gasteiger partial charge is 0.0625 e. The van der Waals surface area contributed by atoms with Crippen molar-refractivity contribution < 1.29 is 0 Å². The van der Waals surface area contributed by atoms with Gasteiger partial charge in [0.2, 0.25) is 0 Å². The van der Waals surface area contributed by atoms with Crippen LogP contribution in [0, 0.1) is 6.92 Å². The van der Waals surface area contributed by atoms with Gasteiger partial charge in [-0.2, -0.15) is 5.10 Å². The highest BCUT2D eigenvalue weighted by atomic mass is 35.5. The van der Waals surface area contributed by atoms with Crippen LogP contribution in [0.2, 0.25) is 10.0 Å². The Kier molecular flexibility index (Phi) is 4.50. The first-order chi connectivity index (χ1) is 9.04. The van der Waals surface area contributed by atoms with E-state index in [4.69, 9.17) is 23.2 Å². The molecule has 5 heteroatoms. The van der Waals surface area contributed by atoms with Crippen molar-refractivity contribution in [3.05, 3.63) is 51.3 Å². The number of aryl methyl sites for hydroxylation is 1. The van der Waals surface area contributed by atoms with Gasteiger partial charge in [-0.3, -0.25) is 4.68 Å². The summed E-state index contributed by atoms with van der Waals surface area (Å²) in [5.41, 5.74) is 3.21. The van der Waals surface area contributed by atoms with Crippen molar-refractivity contribution in [2.75, 3.05) is 6.54 Å². The Labute approximate surface area is 123 Å². The minimum Gasteiger partial charge on any atom is -0.306 e. The lowest BCUT2D eigenvalue weighted by molar-refractivity contribution is 0.625. The minimum absolute atomic E-state index is 0.00454. The van der Waals surface area contributed by atoms with Crippen molar-refractivity contribution in [2.45, 2.75) is 19.9 Å². The van der Waals surface area contributed by atoms with Crippen LogP contribution >= 0.6 is 23.2 Å². The van der Waals surface area contributed by atoms with Crippen LogP contribution in [0.1, 0.15) is 29.8 Å². The van der Waals surface area contributed by atoms with E-state index in [1.807, 2.05) is 37.0 Å². The van der Waals surface area contributed by atoms with Gasteiger partial charge in [0.15, 0.2) is 0 Å². The van der Waals surface area contributed by atoms with Crippen LogP contribution in [0.3, 0.4) is 0 Å². The van der Waals surface area contributed by atoms with Crippen molar-refractivity contribution in [3.63, 3.8) is 0 Å². The van der Waals surface area contributed by atoms with E-state index in [1.165, 1.54) is 0 Å². The maximum Gasteiger partial charge on any atom is 0.0625 e. The number of nitrogens with zero attached hydrogens (tertiary/aromatic N) is 2. The highest BCUT2D eigenvalue weighted by Crippen LogP contribution is 2.31. The van der Waals surface area contributed by atoms with Gasteiger partial charge in [-0.25, -0.2) is 0 Å². The summed E-state index contributed by atoms with van der Waals surface area (Å²) in [6.07, 6.45) is 1.87. The first-order valence-electron chi connectivity index (χ1n) is 6.21. The Morgan fingerprint density at radius 3 is 2.63 bits per heavy atom. The quantitative estimate of drug-likeness (QED) is 0.932. The average Bonchev–Trinajstić information content (AvgIpc) is 2.71. The Hall–Kier alpha value is -1.03. The van der Waals surface area contributed by atoms with Gasteiger partial charge in [-0.1, -0.05) is 30.1 Å². The fourth-order valence-corrected chi connectivity index (χ4v) is 2.53. The number of rotatable bonds is 4. The van der Waals surface area contributed by atoms with Gasteiger partial charge >= 0.3 is 0 Å². The lowest BCUT2D eigenvalue weighted by atomic mass is 9.99. The van der Waals surface area contributed by atoms with Crippen molar-refractivity contribution >= 4 is 23.2 Å². The molecule has 0 bridgehead atoms. The summed E-state index contributed by atoms with van der Waals surface area (Å²) in [5, 5.41) is 9.13. The molecule has 0 saturated carbocycles.